The first kappa shape index (κ1) is 16.0. The average molecular weight is 306 g/mol. The van der Waals surface area contributed by atoms with Crippen molar-refractivity contribution in [2.45, 2.75) is 37.0 Å². The van der Waals surface area contributed by atoms with Gasteiger partial charge in [-0.25, -0.2) is 13.1 Å². The van der Waals surface area contributed by atoms with Gasteiger partial charge in [0.15, 0.2) is 0 Å². The molecule has 0 atom stereocenters. The quantitative estimate of drug-likeness (QED) is 0.816. The Morgan fingerprint density at radius 2 is 1.86 bits per heavy atom. The van der Waals surface area contributed by atoms with Crippen molar-refractivity contribution < 1.29 is 8.42 Å². The zero-order valence-corrected chi connectivity index (χ0v) is 13.0. The van der Waals surface area contributed by atoms with Crippen molar-refractivity contribution in [3.8, 4) is 11.8 Å². The van der Waals surface area contributed by atoms with Crippen LogP contribution in [0.3, 0.4) is 0 Å². The largest absolute Gasteiger partial charge is 0.320 e. The number of nitrogens with two attached hydrogens (primary N) is 1. The maximum Gasteiger partial charge on any atom is 0.240 e. The van der Waals surface area contributed by atoms with Gasteiger partial charge in [-0.1, -0.05) is 37.5 Å². The number of rotatable bonds is 5. The molecule has 0 aliphatic heterocycles. The van der Waals surface area contributed by atoms with E-state index in [-0.39, 0.29) is 4.90 Å². The molecule has 0 saturated heterocycles. The van der Waals surface area contributed by atoms with Crippen LogP contribution >= 0.6 is 0 Å². The molecule has 21 heavy (non-hydrogen) atoms. The van der Waals surface area contributed by atoms with Gasteiger partial charge in [-0.2, -0.15) is 0 Å². The van der Waals surface area contributed by atoms with Crippen molar-refractivity contribution in [1.29, 1.82) is 0 Å². The van der Waals surface area contributed by atoms with Crippen LogP contribution in [0.25, 0.3) is 0 Å². The molecule has 0 aromatic heterocycles. The number of sulfonamides is 1. The van der Waals surface area contributed by atoms with E-state index in [0.717, 1.165) is 12.0 Å². The summed E-state index contributed by atoms with van der Waals surface area (Å²) in [5.41, 5.74) is 6.07. The van der Waals surface area contributed by atoms with Gasteiger partial charge in [0.2, 0.25) is 10.0 Å². The minimum atomic E-state index is -3.41. The lowest BCUT2D eigenvalue weighted by atomic mass is 10.1. The van der Waals surface area contributed by atoms with E-state index in [4.69, 9.17) is 5.73 Å². The van der Waals surface area contributed by atoms with Crippen LogP contribution in [-0.4, -0.2) is 21.5 Å². The lowest BCUT2D eigenvalue weighted by Gasteiger charge is -2.10. The molecule has 1 saturated carbocycles. The molecule has 3 N–H and O–H groups in total. The predicted molar refractivity (Wildman–Crippen MR) is 84.1 cm³/mol. The summed E-state index contributed by atoms with van der Waals surface area (Å²) in [5.74, 6) is 6.30. The summed E-state index contributed by atoms with van der Waals surface area (Å²) in [4.78, 5) is 0.284. The lowest BCUT2D eigenvalue weighted by molar-refractivity contribution is 0.495. The Kier molecular flexibility index (Phi) is 5.80. The van der Waals surface area contributed by atoms with Gasteiger partial charge in [0.05, 0.1) is 11.4 Å². The highest BCUT2D eigenvalue weighted by Crippen LogP contribution is 2.27. The molecule has 1 aliphatic rings. The lowest BCUT2D eigenvalue weighted by Crippen LogP contribution is -2.25. The van der Waals surface area contributed by atoms with Gasteiger partial charge in [-0.15, -0.1) is 0 Å². The predicted octanol–water partition coefficient (Wildman–Crippen LogP) is 1.86. The van der Waals surface area contributed by atoms with E-state index in [2.05, 4.69) is 16.6 Å². The summed E-state index contributed by atoms with van der Waals surface area (Å²) in [6.07, 6.45) is 5.96. The number of nitrogens with one attached hydrogen (secondary N) is 1. The van der Waals surface area contributed by atoms with Crippen molar-refractivity contribution in [1.82, 2.24) is 4.72 Å². The van der Waals surface area contributed by atoms with Gasteiger partial charge in [-0.05, 0) is 36.6 Å². The summed E-state index contributed by atoms with van der Waals surface area (Å²) in [5, 5.41) is 0. The van der Waals surface area contributed by atoms with Crippen LogP contribution in [-0.2, 0) is 10.0 Å². The first-order valence-electron chi connectivity index (χ1n) is 7.40. The van der Waals surface area contributed by atoms with E-state index in [9.17, 15) is 8.42 Å². The van der Waals surface area contributed by atoms with E-state index in [1.165, 1.54) is 25.7 Å². The molecule has 2 rings (SSSR count). The average Bonchev–Trinajstić information content (AvgIpc) is 2.98. The van der Waals surface area contributed by atoms with Crippen LogP contribution in [0.2, 0.25) is 0 Å². The molecule has 114 valence electrons. The van der Waals surface area contributed by atoms with Crippen LogP contribution in [0.5, 0.6) is 0 Å². The molecule has 0 spiro atoms. The van der Waals surface area contributed by atoms with Gasteiger partial charge < -0.3 is 5.73 Å². The van der Waals surface area contributed by atoms with Gasteiger partial charge >= 0.3 is 0 Å². The van der Waals surface area contributed by atoms with Crippen LogP contribution in [0.1, 0.15) is 37.7 Å². The second-order valence-electron chi connectivity index (χ2n) is 5.37. The Morgan fingerprint density at radius 1 is 1.19 bits per heavy atom. The van der Waals surface area contributed by atoms with Crippen LogP contribution < -0.4 is 10.5 Å². The third kappa shape index (κ3) is 4.85. The van der Waals surface area contributed by atoms with Crippen molar-refractivity contribution in [2.24, 2.45) is 11.7 Å². The Labute approximate surface area is 127 Å². The fraction of sp³-hybridized carbons (Fsp3) is 0.500. The third-order valence-corrected chi connectivity index (χ3v) is 5.30. The smallest absolute Gasteiger partial charge is 0.240 e. The zero-order chi connectivity index (χ0) is 15.1. The molecule has 1 aliphatic carbocycles. The third-order valence-electron chi connectivity index (χ3n) is 3.82. The van der Waals surface area contributed by atoms with Crippen LogP contribution in [0.15, 0.2) is 29.2 Å². The molecule has 0 amide bonds. The molecular formula is C16H22N2O2S. The van der Waals surface area contributed by atoms with E-state index in [1.54, 1.807) is 24.3 Å². The standard InChI is InChI=1S/C16H22N2O2S/c17-12-3-6-15-7-9-16(10-8-15)21(19,20)18-13-11-14-4-1-2-5-14/h7-10,14,18H,1-2,4-5,11-13,17H2. The molecule has 1 aromatic rings. The molecule has 1 fully saturated rings. The van der Waals surface area contributed by atoms with Gasteiger partial charge in [0.1, 0.15) is 0 Å². The van der Waals surface area contributed by atoms with E-state index >= 15 is 0 Å². The zero-order valence-electron chi connectivity index (χ0n) is 12.1. The Balaban J connectivity index is 1.91. The number of hydrogen-bond donors (Lipinski definition) is 2. The second-order valence-corrected chi connectivity index (χ2v) is 7.13. The molecule has 5 heteroatoms. The molecule has 0 heterocycles. The highest BCUT2D eigenvalue weighted by Gasteiger charge is 2.17. The Bertz CT molecular complexity index is 606. The normalized spacial score (nSPS) is 15.7. The fourth-order valence-electron chi connectivity index (χ4n) is 2.65. The van der Waals surface area contributed by atoms with Crippen molar-refractivity contribution >= 4 is 10.0 Å². The first-order valence-corrected chi connectivity index (χ1v) is 8.89. The molecular weight excluding hydrogens is 284 g/mol. The van der Waals surface area contributed by atoms with E-state index in [0.29, 0.717) is 19.0 Å². The second kappa shape index (κ2) is 7.60. The van der Waals surface area contributed by atoms with Crippen LogP contribution in [0.4, 0.5) is 0 Å². The van der Waals surface area contributed by atoms with Crippen molar-refractivity contribution in [3.63, 3.8) is 0 Å². The molecule has 1 aromatic carbocycles. The molecule has 4 nitrogen and oxygen atoms in total. The monoisotopic (exact) mass is 306 g/mol. The van der Waals surface area contributed by atoms with Gasteiger partial charge in [-0.3, -0.25) is 0 Å². The van der Waals surface area contributed by atoms with Gasteiger partial charge in [0, 0.05) is 12.1 Å². The van der Waals surface area contributed by atoms with Crippen molar-refractivity contribution in [2.75, 3.05) is 13.1 Å². The number of benzene rings is 1. The topological polar surface area (TPSA) is 72.2 Å². The highest BCUT2D eigenvalue weighted by molar-refractivity contribution is 7.89. The molecule has 0 unspecified atom stereocenters. The maximum absolute atomic E-state index is 12.2. The summed E-state index contributed by atoms with van der Waals surface area (Å²) in [6, 6.07) is 6.57. The van der Waals surface area contributed by atoms with Gasteiger partial charge in [0.25, 0.3) is 0 Å². The summed E-state index contributed by atoms with van der Waals surface area (Å²) < 4.78 is 27.0. The maximum atomic E-state index is 12.2. The van der Waals surface area contributed by atoms with E-state index in [1.807, 2.05) is 0 Å². The first-order chi connectivity index (χ1) is 10.1. The van der Waals surface area contributed by atoms with Crippen molar-refractivity contribution in [3.05, 3.63) is 29.8 Å². The summed E-state index contributed by atoms with van der Waals surface area (Å²) >= 11 is 0. The minimum absolute atomic E-state index is 0.284. The fourth-order valence-corrected chi connectivity index (χ4v) is 3.70. The summed E-state index contributed by atoms with van der Waals surface area (Å²) in [6.45, 7) is 0.810. The highest BCUT2D eigenvalue weighted by atomic mass is 32.2. The Hall–Kier alpha value is -1.35. The Morgan fingerprint density at radius 3 is 2.48 bits per heavy atom. The van der Waals surface area contributed by atoms with Crippen LogP contribution in [0, 0.1) is 17.8 Å². The molecule has 0 bridgehead atoms. The molecule has 0 radical (unpaired) electrons. The SMILES string of the molecule is NCC#Cc1ccc(S(=O)(=O)NCCC2CCCC2)cc1. The number of hydrogen-bond acceptors (Lipinski definition) is 3. The minimum Gasteiger partial charge on any atom is -0.320 e. The summed E-state index contributed by atoms with van der Waals surface area (Å²) in [7, 11) is -3.41. The van der Waals surface area contributed by atoms with E-state index < -0.39 is 10.0 Å².